The van der Waals surface area contributed by atoms with E-state index in [1.165, 1.54) is 0 Å². The van der Waals surface area contributed by atoms with Crippen LogP contribution in [0.15, 0.2) is 54.6 Å². The summed E-state index contributed by atoms with van der Waals surface area (Å²) >= 11 is 0. The molecule has 2 aromatic rings. The third-order valence-corrected chi connectivity index (χ3v) is 2.44. The molecule has 0 fully saturated rings. The second kappa shape index (κ2) is 6.57. The number of rotatable bonds is 6. The van der Waals surface area contributed by atoms with Gasteiger partial charge in [-0.05, 0) is 29.8 Å². The number of benzene rings is 2. The molecule has 0 bridgehead atoms. The molecular formula is C15H14O3. The van der Waals surface area contributed by atoms with Crippen LogP contribution in [0.4, 0.5) is 0 Å². The highest BCUT2D eigenvalue weighted by Crippen LogP contribution is 2.11. The summed E-state index contributed by atoms with van der Waals surface area (Å²) in [5.41, 5.74) is 1.74. The summed E-state index contributed by atoms with van der Waals surface area (Å²) < 4.78 is 10.8. The molecule has 2 aromatic carbocycles. The average Bonchev–Trinajstić information content (AvgIpc) is 2.45. The Morgan fingerprint density at radius 3 is 2.33 bits per heavy atom. The molecule has 0 amide bonds. The molecule has 0 unspecified atom stereocenters. The Morgan fingerprint density at radius 2 is 1.67 bits per heavy atom. The molecule has 0 aliphatic carbocycles. The lowest BCUT2D eigenvalue weighted by molar-refractivity contribution is 0.00505. The Balaban J connectivity index is 1.73. The summed E-state index contributed by atoms with van der Waals surface area (Å²) in [4.78, 5) is 10.5. The largest absolute Gasteiger partial charge is 0.468 e. The molecule has 18 heavy (non-hydrogen) atoms. The summed E-state index contributed by atoms with van der Waals surface area (Å²) in [5.74, 6) is 0.689. The summed E-state index contributed by atoms with van der Waals surface area (Å²) in [6.07, 6.45) is 0.801. The number of ether oxygens (including phenoxy) is 2. The highest BCUT2D eigenvalue weighted by molar-refractivity contribution is 5.74. The first-order valence-corrected chi connectivity index (χ1v) is 5.68. The normalized spacial score (nSPS) is 10.0. The van der Waals surface area contributed by atoms with E-state index < -0.39 is 0 Å². The van der Waals surface area contributed by atoms with Gasteiger partial charge in [-0.25, -0.2) is 0 Å². The molecular weight excluding hydrogens is 228 g/mol. The quantitative estimate of drug-likeness (QED) is 0.443. The molecule has 0 radical (unpaired) electrons. The second-order valence-electron chi connectivity index (χ2n) is 3.78. The fourth-order valence-electron chi connectivity index (χ4n) is 1.49. The topological polar surface area (TPSA) is 35.5 Å². The van der Waals surface area contributed by atoms with Crippen molar-refractivity contribution >= 4 is 6.29 Å². The van der Waals surface area contributed by atoms with Crippen molar-refractivity contribution in [1.29, 1.82) is 0 Å². The van der Waals surface area contributed by atoms with Crippen LogP contribution in [0, 0.1) is 0 Å². The van der Waals surface area contributed by atoms with Crippen LogP contribution in [0.25, 0.3) is 0 Å². The van der Waals surface area contributed by atoms with Gasteiger partial charge in [-0.15, -0.1) is 0 Å². The zero-order chi connectivity index (χ0) is 12.6. The van der Waals surface area contributed by atoms with E-state index in [9.17, 15) is 4.79 Å². The van der Waals surface area contributed by atoms with Crippen molar-refractivity contribution in [2.45, 2.75) is 6.61 Å². The molecule has 2 rings (SSSR count). The SMILES string of the molecule is O=Cc1ccc(OCOCc2ccccc2)cc1. The molecule has 0 aromatic heterocycles. The van der Waals surface area contributed by atoms with Gasteiger partial charge in [-0.2, -0.15) is 0 Å². The first kappa shape index (κ1) is 12.3. The molecule has 0 atom stereocenters. The third-order valence-electron chi connectivity index (χ3n) is 2.44. The van der Waals surface area contributed by atoms with Gasteiger partial charge in [0.25, 0.3) is 0 Å². The van der Waals surface area contributed by atoms with Gasteiger partial charge < -0.3 is 9.47 Å². The van der Waals surface area contributed by atoms with Gasteiger partial charge in [-0.3, -0.25) is 4.79 Å². The second-order valence-corrected chi connectivity index (χ2v) is 3.78. The number of carbonyl (C=O) groups is 1. The van der Waals surface area contributed by atoms with Crippen molar-refractivity contribution in [3.63, 3.8) is 0 Å². The van der Waals surface area contributed by atoms with E-state index in [0.29, 0.717) is 17.9 Å². The minimum absolute atomic E-state index is 0.190. The lowest BCUT2D eigenvalue weighted by Gasteiger charge is -2.07. The molecule has 3 heteroatoms. The van der Waals surface area contributed by atoms with Crippen LogP contribution in [-0.2, 0) is 11.3 Å². The number of carbonyl (C=O) groups excluding carboxylic acids is 1. The number of aldehydes is 1. The first-order chi connectivity index (χ1) is 8.88. The van der Waals surface area contributed by atoms with Crippen LogP contribution in [0.3, 0.4) is 0 Å². The Labute approximate surface area is 106 Å². The summed E-state index contributed by atoms with van der Waals surface area (Å²) in [6.45, 7) is 0.711. The van der Waals surface area contributed by atoms with Gasteiger partial charge in [0, 0.05) is 5.56 Å². The zero-order valence-electron chi connectivity index (χ0n) is 9.91. The van der Waals surface area contributed by atoms with Crippen LogP contribution >= 0.6 is 0 Å². The van der Waals surface area contributed by atoms with Gasteiger partial charge in [0.05, 0.1) is 6.61 Å². The van der Waals surface area contributed by atoms with Crippen LogP contribution < -0.4 is 4.74 Å². The summed E-state index contributed by atoms with van der Waals surface area (Å²) in [6, 6.07) is 16.8. The van der Waals surface area contributed by atoms with Crippen LogP contribution in [0.2, 0.25) is 0 Å². The van der Waals surface area contributed by atoms with Crippen molar-refractivity contribution in [2.24, 2.45) is 0 Å². The van der Waals surface area contributed by atoms with Crippen LogP contribution in [0.1, 0.15) is 15.9 Å². The fourth-order valence-corrected chi connectivity index (χ4v) is 1.49. The molecule has 0 aliphatic heterocycles. The Bertz CT molecular complexity index is 477. The van der Waals surface area contributed by atoms with Gasteiger partial charge in [0.15, 0.2) is 6.79 Å². The summed E-state index contributed by atoms with van der Waals surface area (Å²) in [7, 11) is 0. The molecule has 0 aliphatic rings. The predicted molar refractivity (Wildman–Crippen MR) is 68.6 cm³/mol. The Hall–Kier alpha value is -2.13. The zero-order valence-corrected chi connectivity index (χ0v) is 9.91. The van der Waals surface area contributed by atoms with Gasteiger partial charge in [-0.1, -0.05) is 30.3 Å². The van der Waals surface area contributed by atoms with Crippen molar-refractivity contribution < 1.29 is 14.3 Å². The Morgan fingerprint density at radius 1 is 0.944 bits per heavy atom. The van der Waals surface area contributed by atoms with Crippen molar-refractivity contribution in [3.8, 4) is 5.75 Å². The third kappa shape index (κ3) is 3.71. The number of hydrogen-bond acceptors (Lipinski definition) is 3. The van der Waals surface area contributed by atoms with Crippen LogP contribution in [-0.4, -0.2) is 13.1 Å². The van der Waals surface area contributed by atoms with E-state index in [0.717, 1.165) is 11.8 Å². The molecule has 0 spiro atoms. The van der Waals surface area contributed by atoms with Crippen molar-refractivity contribution in [1.82, 2.24) is 0 Å². The lowest BCUT2D eigenvalue weighted by Crippen LogP contribution is -2.02. The smallest absolute Gasteiger partial charge is 0.189 e. The highest BCUT2D eigenvalue weighted by atomic mass is 16.7. The maximum Gasteiger partial charge on any atom is 0.189 e. The Kier molecular flexibility index (Phi) is 4.50. The first-order valence-electron chi connectivity index (χ1n) is 5.68. The molecule has 3 nitrogen and oxygen atoms in total. The minimum atomic E-state index is 0.190. The average molecular weight is 242 g/mol. The highest BCUT2D eigenvalue weighted by Gasteiger charge is 1.95. The maximum absolute atomic E-state index is 10.5. The summed E-state index contributed by atoms with van der Waals surface area (Å²) in [5, 5.41) is 0. The molecule has 0 N–H and O–H groups in total. The minimum Gasteiger partial charge on any atom is -0.468 e. The predicted octanol–water partition coefficient (Wildman–Crippen LogP) is 3.05. The number of hydrogen-bond donors (Lipinski definition) is 0. The fraction of sp³-hybridized carbons (Fsp3) is 0.133. The van der Waals surface area contributed by atoms with E-state index in [2.05, 4.69) is 0 Å². The van der Waals surface area contributed by atoms with E-state index in [1.54, 1.807) is 24.3 Å². The van der Waals surface area contributed by atoms with E-state index in [1.807, 2.05) is 30.3 Å². The standard InChI is InChI=1S/C15H14O3/c16-10-13-6-8-15(9-7-13)18-12-17-11-14-4-2-1-3-5-14/h1-10H,11-12H2. The van der Waals surface area contributed by atoms with E-state index in [-0.39, 0.29) is 6.79 Å². The lowest BCUT2D eigenvalue weighted by atomic mass is 10.2. The van der Waals surface area contributed by atoms with Gasteiger partial charge >= 0.3 is 0 Å². The molecule has 0 saturated heterocycles. The van der Waals surface area contributed by atoms with Crippen molar-refractivity contribution in [3.05, 3.63) is 65.7 Å². The van der Waals surface area contributed by atoms with Gasteiger partial charge in [0.1, 0.15) is 12.0 Å². The van der Waals surface area contributed by atoms with E-state index >= 15 is 0 Å². The van der Waals surface area contributed by atoms with Crippen molar-refractivity contribution in [2.75, 3.05) is 6.79 Å². The van der Waals surface area contributed by atoms with E-state index in [4.69, 9.17) is 9.47 Å². The van der Waals surface area contributed by atoms with Crippen LogP contribution in [0.5, 0.6) is 5.75 Å². The maximum atomic E-state index is 10.5. The molecule has 0 heterocycles. The van der Waals surface area contributed by atoms with Gasteiger partial charge in [0.2, 0.25) is 0 Å². The molecule has 0 saturated carbocycles. The monoisotopic (exact) mass is 242 g/mol. The molecule has 92 valence electrons.